The molecule has 4 heteroatoms. The Morgan fingerprint density at radius 1 is 1.67 bits per heavy atom. The van der Waals surface area contributed by atoms with E-state index in [1.807, 2.05) is 13.8 Å². The van der Waals surface area contributed by atoms with Gasteiger partial charge in [-0.15, -0.1) is 0 Å². The molecule has 0 radical (unpaired) electrons. The number of likely N-dealkylation sites (tertiary alicyclic amines) is 1. The van der Waals surface area contributed by atoms with E-state index in [-0.39, 0.29) is 17.7 Å². The first-order valence-electron chi connectivity index (χ1n) is 4.08. The molecule has 12 heavy (non-hydrogen) atoms. The summed E-state index contributed by atoms with van der Waals surface area (Å²) in [5, 5.41) is 0. The maximum Gasteiger partial charge on any atom is 0.409 e. The van der Waals surface area contributed by atoms with E-state index in [2.05, 4.69) is 4.74 Å². The summed E-state index contributed by atoms with van der Waals surface area (Å²) >= 11 is 0. The van der Waals surface area contributed by atoms with Crippen LogP contribution >= 0.6 is 0 Å². The van der Waals surface area contributed by atoms with Crippen LogP contribution < -0.4 is 5.73 Å². The van der Waals surface area contributed by atoms with Gasteiger partial charge < -0.3 is 15.4 Å². The molecule has 1 aliphatic rings. The third kappa shape index (κ3) is 1.53. The summed E-state index contributed by atoms with van der Waals surface area (Å²) in [5.41, 5.74) is 5.58. The lowest BCUT2D eigenvalue weighted by Crippen LogP contribution is -2.42. The maximum absolute atomic E-state index is 11.2. The van der Waals surface area contributed by atoms with Crippen molar-refractivity contribution >= 4 is 6.09 Å². The molecule has 1 saturated heterocycles. The van der Waals surface area contributed by atoms with Crippen LogP contribution in [0.1, 0.15) is 20.3 Å². The van der Waals surface area contributed by atoms with Crippen molar-refractivity contribution in [1.29, 1.82) is 0 Å². The Bertz CT molecular complexity index is 191. The molecular formula is C8H16N2O2. The lowest BCUT2D eigenvalue weighted by Gasteiger charge is -2.29. The van der Waals surface area contributed by atoms with Crippen molar-refractivity contribution < 1.29 is 9.53 Å². The van der Waals surface area contributed by atoms with Gasteiger partial charge in [0, 0.05) is 18.1 Å². The number of carbonyl (C=O) groups is 1. The van der Waals surface area contributed by atoms with Gasteiger partial charge in [0.2, 0.25) is 0 Å². The highest BCUT2D eigenvalue weighted by molar-refractivity contribution is 5.69. The van der Waals surface area contributed by atoms with E-state index in [1.54, 1.807) is 4.90 Å². The minimum Gasteiger partial charge on any atom is -0.453 e. The fourth-order valence-corrected chi connectivity index (χ4v) is 1.73. The molecule has 0 bridgehead atoms. The van der Waals surface area contributed by atoms with E-state index in [0.717, 1.165) is 6.42 Å². The van der Waals surface area contributed by atoms with Gasteiger partial charge in [0.05, 0.1) is 7.11 Å². The highest BCUT2D eigenvalue weighted by Crippen LogP contribution is 2.27. The van der Waals surface area contributed by atoms with E-state index in [0.29, 0.717) is 6.54 Å². The van der Waals surface area contributed by atoms with Crippen LogP contribution in [0.15, 0.2) is 0 Å². The molecule has 1 heterocycles. The van der Waals surface area contributed by atoms with Crippen molar-refractivity contribution in [2.24, 2.45) is 5.73 Å². The largest absolute Gasteiger partial charge is 0.453 e. The second kappa shape index (κ2) is 2.94. The van der Waals surface area contributed by atoms with Gasteiger partial charge in [-0.1, -0.05) is 0 Å². The van der Waals surface area contributed by atoms with Gasteiger partial charge in [0.1, 0.15) is 0 Å². The van der Waals surface area contributed by atoms with Crippen molar-refractivity contribution in [3.05, 3.63) is 0 Å². The predicted molar refractivity (Wildman–Crippen MR) is 45.8 cm³/mol. The number of hydrogen-bond donors (Lipinski definition) is 1. The summed E-state index contributed by atoms with van der Waals surface area (Å²) in [5.74, 6) is 0. The van der Waals surface area contributed by atoms with Crippen molar-refractivity contribution in [2.75, 3.05) is 13.7 Å². The van der Waals surface area contributed by atoms with Gasteiger partial charge in [-0.25, -0.2) is 4.79 Å². The minimum absolute atomic E-state index is 0.0825. The van der Waals surface area contributed by atoms with Crippen molar-refractivity contribution in [3.8, 4) is 0 Å². The van der Waals surface area contributed by atoms with E-state index in [4.69, 9.17) is 5.73 Å². The zero-order chi connectivity index (χ0) is 9.35. The summed E-state index contributed by atoms with van der Waals surface area (Å²) in [4.78, 5) is 12.9. The Balaban J connectivity index is 2.71. The molecule has 1 amide bonds. The molecule has 1 aliphatic heterocycles. The number of hydrogen-bond acceptors (Lipinski definition) is 3. The number of ether oxygens (including phenoxy) is 1. The molecule has 2 N–H and O–H groups in total. The van der Waals surface area contributed by atoms with E-state index in [1.165, 1.54) is 7.11 Å². The number of rotatable bonds is 0. The average Bonchev–Trinajstić information content (AvgIpc) is 2.23. The molecule has 0 aliphatic carbocycles. The summed E-state index contributed by atoms with van der Waals surface area (Å²) in [6.07, 6.45) is 0.551. The highest BCUT2D eigenvalue weighted by Gasteiger charge is 2.40. The Morgan fingerprint density at radius 3 is 2.58 bits per heavy atom. The highest BCUT2D eigenvalue weighted by atomic mass is 16.5. The molecule has 1 fully saturated rings. The van der Waals surface area contributed by atoms with Gasteiger partial charge in [-0.2, -0.15) is 0 Å². The molecule has 0 spiro atoms. The van der Waals surface area contributed by atoms with Crippen molar-refractivity contribution in [2.45, 2.75) is 31.8 Å². The van der Waals surface area contributed by atoms with Crippen molar-refractivity contribution in [3.63, 3.8) is 0 Å². The van der Waals surface area contributed by atoms with E-state index >= 15 is 0 Å². The number of nitrogens with zero attached hydrogens (tertiary/aromatic N) is 1. The zero-order valence-electron chi connectivity index (χ0n) is 7.83. The molecule has 1 atom stereocenters. The predicted octanol–water partition coefficient (Wildman–Crippen LogP) is 0.564. The standard InChI is InChI=1S/C8H16N2O2/c1-8(2)4-6(9)5-10(8)7(11)12-3/h6H,4-5,9H2,1-3H3. The lowest BCUT2D eigenvalue weighted by atomic mass is 10.0. The summed E-state index contributed by atoms with van der Waals surface area (Å²) < 4.78 is 4.65. The number of methoxy groups -OCH3 is 1. The quantitative estimate of drug-likeness (QED) is 0.581. The van der Waals surface area contributed by atoms with Crippen molar-refractivity contribution in [1.82, 2.24) is 4.90 Å². The van der Waals surface area contributed by atoms with Crippen LogP contribution in [0.25, 0.3) is 0 Å². The number of carbonyl (C=O) groups excluding carboxylic acids is 1. The Morgan fingerprint density at radius 2 is 2.25 bits per heavy atom. The van der Waals surface area contributed by atoms with Crippen LogP contribution in [0.2, 0.25) is 0 Å². The molecule has 70 valence electrons. The summed E-state index contributed by atoms with van der Waals surface area (Å²) in [6, 6.07) is 0.0825. The van der Waals surface area contributed by atoms with Crippen LogP contribution in [-0.4, -0.2) is 36.2 Å². The van der Waals surface area contributed by atoms with Crippen LogP contribution in [0.5, 0.6) is 0 Å². The Kier molecular flexibility index (Phi) is 2.28. The molecule has 4 nitrogen and oxygen atoms in total. The molecule has 1 unspecified atom stereocenters. The third-order valence-electron chi connectivity index (χ3n) is 2.30. The van der Waals surface area contributed by atoms with E-state index < -0.39 is 0 Å². The van der Waals surface area contributed by atoms with Gasteiger partial charge in [-0.3, -0.25) is 0 Å². The maximum atomic E-state index is 11.2. The molecule has 0 aromatic rings. The van der Waals surface area contributed by atoms with E-state index in [9.17, 15) is 4.79 Å². The summed E-state index contributed by atoms with van der Waals surface area (Å²) in [6.45, 7) is 4.59. The fraction of sp³-hybridized carbons (Fsp3) is 0.875. The molecular weight excluding hydrogens is 156 g/mol. The normalized spacial score (nSPS) is 27.3. The van der Waals surface area contributed by atoms with Gasteiger partial charge >= 0.3 is 6.09 Å². The SMILES string of the molecule is COC(=O)N1CC(N)CC1(C)C. The van der Waals surface area contributed by atoms with Gasteiger partial charge in [-0.05, 0) is 20.3 Å². The smallest absolute Gasteiger partial charge is 0.409 e. The molecule has 0 aromatic heterocycles. The van der Waals surface area contributed by atoms with Gasteiger partial charge in [0.15, 0.2) is 0 Å². The monoisotopic (exact) mass is 172 g/mol. The first-order chi connectivity index (χ1) is 5.47. The molecule has 0 saturated carbocycles. The second-order valence-corrected chi connectivity index (χ2v) is 3.86. The summed E-state index contributed by atoms with van der Waals surface area (Å²) in [7, 11) is 1.39. The Labute approximate surface area is 72.7 Å². The van der Waals surface area contributed by atoms with Crippen LogP contribution in [0.3, 0.4) is 0 Å². The Hall–Kier alpha value is -0.770. The van der Waals surface area contributed by atoms with Gasteiger partial charge in [0.25, 0.3) is 0 Å². The molecule has 1 rings (SSSR count). The minimum atomic E-state index is -0.284. The first kappa shape index (κ1) is 9.32. The first-order valence-corrected chi connectivity index (χ1v) is 4.08. The average molecular weight is 172 g/mol. The lowest BCUT2D eigenvalue weighted by molar-refractivity contribution is 0.0984. The van der Waals surface area contributed by atoms with Crippen LogP contribution in [0, 0.1) is 0 Å². The number of nitrogens with two attached hydrogens (primary N) is 1. The fourth-order valence-electron chi connectivity index (χ4n) is 1.73. The zero-order valence-corrected chi connectivity index (χ0v) is 7.83. The number of amides is 1. The topological polar surface area (TPSA) is 55.6 Å². The van der Waals surface area contributed by atoms with Crippen LogP contribution in [-0.2, 0) is 4.74 Å². The third-order valence-corrected chi connectivity index (χ3v) is 2.30. The molecule has 0 aromatic carbocycles. The second-order valence-electron chi connectivity index (χ2n) is 3.86. The van der Waals surface area contributed by atoms with Crippen LogP contribution in [0.4, 0.5) is 4.79 Å².